The normalized spacial score (nSPS) is 14.4. The highest BCUT2D eigenvalue weighted by atomic mass is 32.2. The molecule has 1 aliphatic rings. The number of hydrogen-bond acceptors (Lipinski definition) is 5. The van der Waals surface area contributed by atoms with E-state index in [1.807, 2.05) is 32.0 Å². The van der Waals surface area contributed by atoms with Crippen LogP contribution in [0.2, 0.25) is 0 Å². The summed E-state index contributed by atoms with van der Waals surface area (Å²) in [4.78, 5) is 15.0. The van der Waals surface area contributed by atoms with Gasteiger partial charge in [-0.25, -0.2) is 8.42 Å². The van der Waals surface area contributed by atoms with Crippen molar-refractivity contribution in [2.45, 2.75) is 25.3 Å². The van der Waals surface area contributed by atoms with E-state index < -0.39 is 10.0 Å². The Hall–Kier alpha value is -3.67. The number of carbonyl (C=O) groups is 1. The lowest BCUT2D eigenvalue weighted by molar-refractivity contribution is 0.0697. The molecule has 4 rings (SSSR count). The van der Waals surface area contributed by atoms with Gasteiger partial charge in [0.25, 0.3) is 5.91 Å². The van der Waals surface area contributed by atoms with Gasteiger partial charge in [-0.1, -0.05) is 30.3 Å². The zero-order valence-electron chi connectivity index (χ0n) is 19.8. The van der Waals surface area contributed by atoms with Crippen LogP contribution in [0.15, 0.2) is 71.6 Å². The molecule has 35 heavy (non-hydrogen) atoms. The Morgan fingerprint density at radius 2 is 1.69 bits per heavy atom. The number of amides is 1. The summed E-state index contributed by atoms with van der Waals surface area (Å²) in [6.07, 6.45) is 0. The standard InChI is InChI=1S/C27H27N3O4S/c1-20-10-11-26(16-21(20)2)35(32,33)30-14-12-29(13-15-30)27(31)22-8-5-9-25(17-22)34-19-24-7-4-3-6-23(24)18-28/h3-11,16-17H,12-15,19H2,1-2H3. The Morgan fingerprint density at radius 1 is 0.943 bits per heavy atom. The highest BCUT2D eigenvalue weighted by Gasteiger charge is 2.30. The van der Waals surface area contributed by atoms with Crippen molar-refractivity contribution >= 4 is 15.9 Å². The van der Waals surface area contributed by atoms with Gasteiger partial charge in [-0.15, -0.1) is 0 Å². The number of piperazine rings is 1. The van der Waals surface area contributed by atoms with Crippen LogP contribution in [0.1, 0.15) is 32.6 Å². The van der Waals surface area contributed by atoms with E-state index in [0.29, 0.717) is 30.0 Å². The molecule has 1 amide bonds. The number of ether oxygens (including phenoxy) is 1. The van der Waals surface area contributed by atoms with Crippen LogP contribution < -0.4 is 4.74 Å². The molecule has 0 atom stereocenters. The monoisotopic (exact) mass is 489 g/mol. The van der Waals surface area contributed by atoms with Gasteiger partial charge in [-0.2, -0.15) is 9.57 Å². The van der Waals surface area contributed by atoms with Crippen LogP contribution in [-0.4, -0.2) is 49.7 Å². The zero-order valence-corrected chi connectivity index (χ0v) is 20.6. The minimum Gasteiger partial charge on any atom is -0.489 e. The summed E-state index contributed by atoms with van der Waals surface area (Å²) in [5.41, 5.74) is 3.76. The molecular formula is C27H27N3O4S. The molecule has 0 aromatic heterocycles. The van der Waals surface area contributed by atoms with Gasteiger partial charge in [0, 0.05) is 37.3 Å². The molecule has 0 spiro atoms. The van der Waals surface area contributed by atoms with E-state index >= 15 is 0 Å². The lowest BCUT2D eigenvalue weighted by Gasteiger charge is -2.34. The number of nitrogens with zero attached hydrogens (tertiary/aromatic N) is 3. The predicted molar refractivity (Wildman–Crippen MR) is 133 cm³/mol. The molecule has 3 aromatic rings. The maximum Gasteiger partial charge on any atom is 0.254 e. The van der Waals surface area contributed by atoms with E-state index in [9.17, 15) is 18.5 Å². The third-order valence-electron chi connectivity index (χ3n) is 6.26. The van der Waals surface area contributed by atoms with Crippen molar-refractivity contribution in [1.29, 1.82) is 5.26 Å². The summed E-state index contributed by atoms with van der Waals surface area (Å²) in [6, 6.07) is 21.4. The second-order valence-corrected chi connectivity index (χ2v) is 10.5. The zero-order chi connectivity index (χ0) is 25.0. The minimum absolute atomic E-state index is 0.170. The van der Waals surface area contributed by atoms with Crippen molar-refractivity contribution in [1.82, 2.24) is 9.21 Å². The summed E-state index contributed by atoms with van der Waals surface area (Å²) in [5.74, 6) is 0.357. The lowest BCUT2D eigenvalue weighted by Crippen LogP contribution is -2.50. The van der Waals surface area contributed by atoms with Crippen LogP contribution in [0, 0.1) is 25.2 Å². The van der Waals surface area contributed by atoms with Crippen molar-refractivity contribution in [3.63, 3.8) is 0 Å². The van der Waals surface area contributed by atoms with Crippen molar-refractivity contribution < 1.29 is 17.9 Å². The first-order valence-electron chi connectivity index (χ1n) is 11.4. The fourth-order valence-corrected chi connectivity index (χ4v) is 5.48. The summed E-state index contributed by atoms with van der Waals surface area (Å²) < 4.78 is 33.4. The fourth-order valence-electron chi connectivity index (χ4n) is 3.97. The third-order valence-corrected chi connectivity index (χ3v) is 8.15. The van der Waals surface area contributed by atoms with Crippen molar-refractivity contribution in [3.8, 4) is 11.8 Å². The molecule has 1 heterocycles. The number of sulfonamides is 1. The molecule has 0 unspecified atom stereocenters. The van der Waals surface area contributed by atoms with Crippen molar-refractivity contribution in [3.05, 3.63) is 94.5 Å². The van der Waals surface area contributed by atoms with E-state index in [0.717, 1.165) is 16.7 Å². The number of aryl methyl sites for hydroxylation is 2. The van der Waals surface area contributed by atoms with E-state index in [4.69, 9.17) is 4.74 Å². The Kier molecular flexibility index (Phi) is 7.20. The SMILES string of the molecule is Cc1ccc(S(=O)(=O)N2CCN(C(=O)c3cccc(OCc4ccccc4C#N)c3)CC2)cc1C. The van der Waals surface area contributed by atoms with Gasteiger partial charge >= 0.3 is 0 Å². The maximum absolute atomic E-state index is 13.1. The molecule has 0 aliphatic carbocycles. The Morgan fingerprint density at radius 3 is 2.40 bits per heavy atom. The molecule has 1 saturated heterocycles. The van der Waals surface area contributed by atoms with Crippen LogP contribution in [0.3, 0.4) is 0 Å². The minimum atomic E-state index is -3.61. The van der Waals surface area contributed by atoms with Crippen LogP contribution >= 0.6 is 0 Å². The largest absolute Gasteiger partial charge is 0.489 e. The molecule has 1 aliphatic heterocycles. The van der Waals surface area contributed by atoms with E-state index in [2.05, 4.69) is 6.07 Å². The molecule has 0 radical (unpaired) electrons. The Labute approximate surface area is 206 Å². The Balaban J connectivity index is 1.39. The van der Waals surface area contributed by atoms with Crippen molar-refractivity contribution in [2.24, 2.45) is 0 Å². The average molecular weight is 490 g/mol. The summed E-state index contributed by atoms with van der Waals surface area (Å²) in [5, 5.41) is 9.24. The maximum atomic E-state index is 13.1. The molecule has 0 N–H and O–H groups in total. The quantitative estimate of drug-likeness (QED) is 0.524. The third kappa shape index (κ3) is 5.37. The molecular weight excluding hydrogens is 462 g/mol. The predicted octanol–water partition coefficient (Wildman–Crippen LogP) is 3.90. The first kappa shape index (κ1) is 24.5. The number of hydrogen-bond donors (Lipinski definition) is 0. The van der Waals surface area contributed by atoms with Crippen LogP contribution in [0.5, 0.6) is 5.75 Å². The smallest absolute Gasteiger partial charge is 0.254 e. The van der Waals surface area contributed by atoms with E-state index in [1.54, 1.807) is 53.4 Å². The fraction of sp³-hybridized carbons (Fsp3) is 0.259. The summed E-state index contributed by atoms with van der Waals surface area (Å²) in [6.45, 7) is 5.15. The first-order chi connectivity index (χ1) is 16.8. The van der Waals surface area contributed by atoms with E-state index in [1.165, 1.54) is 4.31 Å². The van der Waals surface area contributed by atoms with Gasteiger partial charge in [0.15, 0.2) is 0 Å². The highest BCUT2D eigenvalue weighted by molar-refractivity contribution is 7.89. The molecule has 8 heteroatoms. The number of benzene rings is 3. The number of nitriles is 1. The molecule has 180 valence electrons. The number of carbonyl (C=O) groups excluding carboxylic acids is 1. The second-order valence-electron chi connectivity index (χ2n) is 8.53. The van der Waals surface area contributed by atoms with Crippen LogP contribution in [0.25, 0.3) is 0 Å². The van der Waals surface area contributed by atoms with Gasteiger partial charge in [-0.05, 0) is 61.4 Å². The van der Waals surface area contributed by atoms with Gasteiger partial charge in [-0.3, -0.25) is 4.79 Å². The number of rotatable bonds is 6. The molecule has 7 nitrogen and oxygen atoms in total. The molecule has 0 bridgehead atoms. The van der Waals surface area contributed by atoms with Gasteiger partial charge in [0.2, 0.25) is 10.0 Å². The highest BCUT2D eigenvalue weighted by Crippen LogP contribution is 2.22. The van der Waals surface area contributed by atoms with Crippen molar-refractivity contribution in [2.75, 3.05) is 26.2 Å². The second kappa shape index (κ2) is 10.3. The molecule has 3 aromatic carbocycles. The van der Waals surface area contributed by atoms with Crippen LogP contribution in [0.4, 0.5) is 0 Å². The topological polar surface area (TPSA) is 90.7 Å². The average Bonchev–Trinajstić information content (AvgIpc) is 2.89. The van der Waals surface area contributed by atoms with Gasteiger partial charge in [0.05, 0.1) is 16.5 Å². The Bertz CT molecular complexity index is 1390. The van der Waals surface area contributed by atoms with Crippen LogP contribution in [-0.2, 0) is 16.6 Å². The first-order valence-corrected chi connectivity index (χ1v) is 12.8. The summed E-state index contributed by atoms with van der Waals surface area (Å²) in [7, 11) is -3.61. The summed E-state index contributed by atoms with van der Waals surface area (Å²) >= 11 is 0. The van der Waals surface area contributed by atoms with Gasteiger partial charge in [0.1, 0.15) is 12.4 Å². The lowest BCUT2D eigenvalue weighted by atomic mass is 10.1. The van der Waals surface area contributed by atoms with Gasteiger partial charge < -0.3 is 9.64 Å². The molecule has 0 saturated carbocycles. The molecule has 1 fully saturated rings. The van der Waals surface area contributed by atoms with E-state index in [-0.39, 0.29) is 30.5 Å².